The Labute approximate surface area is 106 Å². The number of aromatic nitrogens is 2. The van der Waals surface area contributed by atoms with Crippen LogP contribution in [0.1, 0.15) is 11.3 Å². The van der Waals surface area contributed by atoms with Crippen molar-refractivity contribution in [2.24, 2.45) is 5.73 Å². The molecule has 2 heterocycles. The van der Waals surface area contributed by atoms with Crippen LogP contribution >= 0.6 is 0 Å². The van der Waals surface area contributed by atoms with Gasteiger partial charge >= 0.3 is 0 Å². The second kappa shape index (κ2) is 4.38. The van der Waals surface area contributed by atoms with Gasteiger partial charge in [-0.1, -0.05) is 12.1 Å². The lowest BCUT2D eigenvalue weighted by molar-refractivity contribution is 0.242. The Morgan fingerprint density at radius 2 is 2.17 bits per heavy atom. The van der Waals surface area contributed by atoms with Crippen molar-refractivity contribution in [1.29, 1.82) is 0 Å². The Balaban J connectivity index is 2.11. The largest absolute Gasteiger partial charge is 0.488 e. The van der Waals surface area contributed by atoms with E-state index in [0.717, 1.165) is 29.1 Å². The number of aryl methyl sites for hydroxylation is 1. The maximum Gasteiger partial charge on any atom is 0.132 e. The van der Waals surface area contributed by atoms with Gasteiger partial charge < -0.3 is 10.5 Å². The molecule has 3 rings (SSSR count). The molecule has 0 bridgehead atoms. The number of benzene rings is 1. The monoisotopic (exact) mass is 241 g/mol. The first kappa shape index (κ1) is 11.2. The normalized spacial score (nSPS) is 17.3. The minimum Gasteiger partial charge on any atom is -0.488 e. The number of hydrogen-bond acceptors (Lipinski definition) is 4. The summed E-state index contributed by atoms with van der Waals surface area (Å²) in [5.74, 6) is 0.913. The average Bonchev–Trinajstić information content (AvgIpc) is 2.82. The molecule has 0 saturated carbocycles. The van der Waals surface area contributed by atoms with Crippen molar-refractivity contribution in [2.75, 3.05) is 6.54 Å². The van der Waals surface area contributed by atoms with E-state index in [0.29, 0.717) is 6.54 Å². The molecule has 18 heavy (non-hydrogen) atoms. The number of nitrogens with zero attached hydrogens (tertiary/aromatic N) is 2. The summed E-state index contributed by atoms with van der Waals surface area (Å²) < 4.78 is 5.90. The molecule has 1 aliphatic rings. The number of hydrogen-bond donors (Lipinski definition) is 1. The zero-order valence-corrected chi connectivity index (χ0v) is 10.3. The molecule has 92 valence electrons. The fourth-order valence-corrected chi connectivity index (χ4v) is 2.33. The number of ether oxygens (including phenoxy) is 1. The summed E-state index contributed by atoms with van der Waals surface area (Å²) in [5, 5.41) is 0. The highest BCUT2D eigenvalue weighted by molar-refractivity contribution is 5.71. The molecule has 0 aliphatic carbocycles. The summed E-state index contributed by atoms with van der Waals surface area (Å²) in [6.07, 6.45) is 4.36. The summed E-state index contributed by atoms with van der Waals surface area (Å²) in [4.78, 5) is 8.68. The van der Waals surface area contributed by atoms with Crippen LogP contribution in [0.2, 0.25) is 0 Å². The predicted octanol–water partition coefficient (Wildman–Crippen LogP) is 1.71. The lowest BCUT2D eigenvalue weighted by Crippen LogP contribution is -2.24. The SMILES string of the molecule is Cc1nccnc1-c1cccc2c1O[C@@H](CN)C2. The van der Waals surface area contributed by atoms with Gasteiger partial charge in [0, 0.05) is 30.9 Å². The topological polar surface area (TPSA) is 61.0 Å². The first-order valence-electron chi connectivity index (χ1n) is 6.06. The number of fused-ring (bicyclic) bond motifs is 1. The molecular formula is C14H15N3O. The first-order chi connectivity index (χ1) is 8.79. The highest BCUT2D eigenvalue weighted by Crippen LogP contribution is 2.38. The van der Waals surface area contributed by atoms with Crippen molar-refractivity contribution in [3.05, 3.63) is 41.9 Å². The molecule has 0 radical (unpaired) electrons. The third-order valence-electron chi connectivity index (χ3n) is 3.23. The minimum atomic E-state index is 0.0816. The standard InChI is InChI=1S/C14H15N3O/c1-9-13(17-6-5-16-9)12-4-2-3-10-7-11(8-15)18-14(10)12/h2-6,11H,7-8,15H2,1H3/t11-/m1/s1. The molecule has 2 N–H and O–H groups in total. The van der Waals surface area contributed by atoms with Gasteiger partial charge in [0.1, 0.15) is 11.9 Å². The Hall–Kier alpha value is -1.94. The molecule has 0 unspecified atom stereocenters. The fraction of sp³-hybridized carbons (Fsp3) is 0.286. The Kier molecular flexibility index (Phi) is 2.72. The number of para-hydroxylation sites is 1. The highest BCUT2D eigenvalue weighted by Gasteiger charge is 2.25. The smallest absolute Gasteiger partial charge is 0.132 e. The minimum absolute atomic E-state index is 0.0816. The summed E-state index contributed by atoms with van der Waals surface area (Å²) in [5.41, 5.74) is 9.68. The van der Waals surface area contributed by atoms with Crippen molar-refractivity contribution < 1.29 is 4.74 Å². The van der Waals surface area contributed by atoms with Crippen LogP contribution in [0, 0.1) is 6.92 Å². The van der Waals surface area contributed by atoms with Gasteiger partial charge in [-0.05, 0) is 18.6 Å². The summed E-state index contributed by atoms with van der Waals surface area (Å²) in [6.45, 7) is 2.49. The van der Waals surface area contributed by atoms with E-state index in [-0.39, 0.29) is 6.10 Å². The van der Waals surface area contributed by atoms with E-state index in [1.54, 1.807) is 12.4 Å². The maximum absolute atomic E-state index is 5.90. The molecular weight excluding hydrogens is 226 g/mol. The second-order valence-electron chi connectivity index (χ2n) is 4.46. The molecule has 1 aromatic carbocycles. The Morgan fingerprint density at radius 3 is 2.94 bits per heavy atom. The van der Waals surface area contributed by atoms with E-state index in [2.05, 4.69) is 16.0 Å². The van der Waals surface area contributed by atoms with Crippen LogP contribution in [0.25, 0.3) is 11.3 Å². The molecule has 0 amide bonds. The van der Waals surface area contributed by atoms with Gasteiger partial charge in [0.2, 0.25) is 0 Å². The molecule has 1 atom stereocenters. The Bertz CT molecular complexity index is 583. The molecule has 2 aromatic rings. The molecule has 1 aliphatic heterocycles. The van der Waals surface area contributed by atoms with Gasteiger partial charge in [0.05, 0.1) is 11.4 Å². The van der Waals surface area contributed by atoms with Gasteiger partial charge in [0.25, 0.3) is 0 Å². The summed E-state index contributed by atoms with van der Waals surface area (Å²) in [7, 11) is 0. The molecule has 1 aromatic heterocycles. The Morgan fingerprint density at radius 1 is 1.33 bits per heavy atom. The zero-order valence-electron chi connectivity index (χ0n) is 10.3. The lowest BCUT2D eigenvalue weighted by Gasteiger charge is -2.11. The van der Waals surface area contributed by atoms with Gasteiger partial charge in [-0.15, -0.1) is 0 Å². The first-order valence-corrected chi connectivity index (χ1v) is 6.06. The third kappa shape index (κ3) is 1.75. The van der Waals surface area contributed by atoms with Crippen LogP contribution in [-0.2, 0) is 6.42 Å². The number of rotatable bonds is 2. The molecule has 4 heteroatoms. The lowest BCUT2D eigenvalue weighted by atomic mass is 10.0. The molecule has 0 saturated heterocycles. The van der Waals surface area contributed by atoms with Crippen LogP contribution in [-0.4, -0.2) is 22.6 Å². The van der Waals surface area contributed by atoms with Crippen LogP contribution in [0.5, 0.6) is 5.75 Å². The predicted molar refractivity (Wildman–Crippen MR) is 69.4 cm³/mol. The van der Waals surface area contributed by atoms with E-state index >= 15 is 0 Å². The van der Waals surface area contributed by atoms with Crippen LogP contribution in [0.15, 0.2) is 30.6 Å². The van der Waals surface area contributed by atoms with Crippen molar-refractivity contribution in [3.8, 4) is 17.0 Å². The van der Waals surface area contributed by atoms with Gasteiger partial charge in [-0.2, -0.15) is 0 Å². The number of nitrogens with two attached hydrogens (primary N) is 1. The quantitative estimate of drug-likeness (QED) is 0.869. The van der Waals surface area contributed by atoms with Gasteiger partial charge in [-0.25, -0.2) is 0 Å². The average molecular weight is 241 g/mol. The van der Waals surface area contributed by atoms with Crippen molar-refractivity contribution >= 4 is 0 Å². The van der Waals surface area contributed by atoms with Crippen LogP contribution in [0.3, 0.4) is 0 Å². The summed E-state index contributed by atoms with van der Waals surface area (Å²) >= 11 is 0. The highest BCUT2D eigenvalue weighted by atomic mass is 16.5. The van der Waals surface area contributed by atoms with E-state index in [1.807, 2.05) is 19.1 Å². The maximum atomic E-state index is 5.90. The van der Waals surface area contributed by atoms with E-state index in [1.165, 1.54) is 5.56 Å². The van der Waals surface area contributed by atoms with Crippen molar-refractivity contribution in [3.63, 3.8) is 0 Å². The van der Waals surface area contributed by atoms with Crippen LogP contribution < -0.4 is 10.5 Å². The second-order valence-corrected chi connectivity index (χ2v) is 4.46. The van der Waals surface area contributed by atoms with Gasteiger partial charge in [0.15, 0.2) is 0 Å². The van der Waals surface area contributed by atoms with E-state index in [9.17, 15) is 0 Å². The third-order valence-corrected chi connectivity index (χ3v) is 3.23. The van der Waals surface area contributed by atoms with Gasteiger partial charge in [-0.3, -0.25) is 9.97 Å². The molecule has 4 nitrogen and oxygen atoms in total. The van der Waals surface area contributed by atoms with E-state index in [4.69, 9.17) is 10.5 Å². The van der Waals surface area contributed by atoms with Crippen molar-refractivity contribution in [2.45, 2.75) is 19.4 Å². The van der Waals surface area contributed by atoms with Crippen molar-refractivity contribution in [1.82, 2.24) is 9.97 Å². The summed E-state index contributed by atoms with van der Waals surface area (Å²) in [6, 6.07) is 6.14. The zero-order chi connectivity index (χ0) is 12.5. The molecule has 0 fully saturated rings. The van der Waals surface area contributed by atoms with Crippen LogP contribution in [0.4, 0.5) is 0 Å². The fourth-order valence-electron chi connectivity index (χ4n) is 2.33. The molecule has 0 spiro atoms. The van der Waals surface area contributed by atoms with E-state index < -0.39 is 0 Å².